The normalized spacial score (nSPS) is 20.6. The number of halogens is 3. The Balaban J connectivity index is 1.72. The number of hydrogen-bond acceptors (Lipinski definition) is 6. The fourth-order valence-corrected chi connectivity index (χ4v) is 5.16. The molecule has 0 N–H and O–H groups in total. The predicted octanol–water partition coefficient (Wildman–Crippen LogP) is 1.85. The second-order valence-electron chi connectivity index (χ2n) is 5.80. The van der Waals surface area contributed by atoms with Crippen LogP contribution >= 0.6 is 11.8 Å². The summed E-state index contributed by atoms with van der Waals surface area (Å²) in [6, 6.07) is 0. The van der Waals surface area contributed by atoms with E-state index in [0.717, 1.165) is 5.82 Å². The number of nitrogens with zero attached hydrogens (tertiary/aromatic N) is 3. The predicted molar refractivity (Wildman–Crippen MR) is 83.7 cm³/mol. The Labute approximate surface area is 143 Å². The van der Waals surface area contributed by atoms with Crippen molar-refractivity contribution in [1.29, 1.82) is 0 Å². The average molecular weight is 387 g/mol. The van der Waals surface area contributed by atoms with Crippen molar-refractivity contribution in [1.82, 2.24) is 14.8 Å². The van der Waals surface area contributed by atoms with Crippen molar-refractivity contribution >= 4 is 21.6 Å². The fourth-order valence-electron chi connectivity index (χ4n) is 2.45. The molecule has 0 unspecified atom stereocenters. The molecule has 0 amide bonds. The Morgan fingerprint density at radius 3 is 2.75 bits per heavy atom. The maximum absolute atomic E-state index is 11.9. The highest BCUT2D eigenvalue weighted by molar-refractivity contribution is 7.99. The monoisotopic (exact) mass is 387 g/mol. The summed E-state index contributed by atoms with van der Waals surface area (Å²) in [5.74, 6) is 1.80. The quantitative estimate of drug-likeness (QED) is 0.501. The topological polar surface area (TPSA) is 74.1 Å². The van der Waals surface area contributed by atoms with Gasteiger partial charge in [0.2, 0.25) is 0 Å². The Hall–Kier alpha value is -0.810. The molecule has 0 aromatic carbocycles. The number of alkyl halides is 3. The summed E-state index contributed by atoms with van der Waals surface area (Å²) in [6.45, 7) is -1.19. The molecule has 138 valence electrons. The second-order valence-corrected chi connectivity index (χ2v) is 9.09. The Morgan fingerprint density at radius 2 is 2.12 bits per heavy atom. The van der Waals surface area contributed by atoms with Crippen LogP contribution in [0, 0.1) is 5.92 Å². The molecule has 24 heavy (non-hydrogen) atoms. The molecule has 1 aromatic heterocycles. The maximum Gasteiger partial charge on any atom is 0.411 e. The molecule has 0 bridgehead atoms. The molecule has 1 saturated heterocycles. The molecule has 1 aliphatic heterocycles. The third-order valence-corrected chi connectivity index (χ3v) is 6.60. The highest BCUT2D eigenvalue weighted by Crippen LogP contribution is 2.24. The van der Waals surface area contributed by atoms with Gasteiger partial charge < -0.3 is 9.30 Å². The van der Waals surface area contributed by atoms with Crippen LogP contribution in [0.4, 0.5) is 13.2 Å². The lowest BCUT2D eigenvalue weighted by atomic mass is 10.1. The summed E-state index contributed by atoms with van der Waals surface area (Å²) in [5, 5.41) is 8.82. The molecule has 1 aromatic rings. The van der Waals surface area contributed by atoms with E-state index in [4.69, 9.17) is 0 Å². The fraction of sp³-hybridized carbons (Fsp3) is 0.846. The van der Waals surface area contributed by atoms with Crippen LogP contribution in [0.25, 0.3) is 0 Å². The molecule has 1 aliphatic rings. The first kappa shape index (κ1) is 19.5. The van der Waals surface area contributed by atoms with Gasteiger partial charge in [0.15, 0.2) is 15.0 Å². The van der Waals surface area contributed by atoms with E-state index in [-0.39, 0.29) is 24.0 Å². The molecule has 2 rings (SSSR count). The van der Waals surface area contributed by atoms with Gasteiger partial charge in [-0.3, -0.25) is 0 Å². The van der Waals surface area contributed by atoms with Crippen LogP contribution in [0.5, 0.6) is 0 Å². The van der Waals surface area contributed by atoms with Gasteiger partial charge in [0.25, 0.3) is 0 Å². The number of ether oxygens (including phenoxy) is 1. The molecule has 0 spiro atoms. The Kier molecular flexibility index (Phi) is 6.54. The van der Waals surface area contributed by atoms with Crippen LogP contribution in [-0.4, -0.2) is 59.8 Å². The lowest BCUT2D eigenvalue weighted by molar-refractivity contribution is -0.173. The molecule has 1 fully saturated rings. The molecule has 0 radical (unpaired) electrons. The largest absolute Gasteiger partial charge is 0.411 e. The van der Waals surface area contributed by atoms with E-state index < -0.39 is 22.6 Å². The van der Waals surface area contributed by atoms with Crippen molar-refractivity contribution < 1.29 is 26.3 Å². The lowest BCUT2D eigenvalue weighted by Gasteiger charge is -2.08. The standard InChI is InChI=1S/C13H20F3N3O3S2/c1-19-11(7-10-3-6-24(20,21)8-10)17-18-12(19)23-5-2-4-22-9-13(14,15)16/h10H,2-9H2,1H3/t10-/m1/s1. The highest BCUT2D eigenvalue weighted by atomic mass is 32.2. The zero-order chi connectivity index (χ0) is 17.8. The van der Waals surface area contributed by atoms with E-state index >= 15 is 0 Å². The van der Waals surface area contributed by atoms with Crippen molar-refractivity contribution in [3.8, 4) is 0 Å². The van der Waals surface area contributed by atoms with Crippen molar-refractivity contribution in [2.24, 2.45) is 13.0 Å². The molecular formula is C13H20F3N3O3S2. The van der Waals surface area contributed by atoms with Gasteiger partial charge in [0, 0.05) is 25.8 Å². The minimum Gasteiger partial charge on any atom is -0.372 e. The van der Waals surface area contributed by atoms with Crippen LogP contribution in [-0.2, 0) is 28.0 Å². The first-order chi connectivity index (χ1) is 11.2. The molecular weight excluding hydrogens is 367 g/mol. The van der Waals surface area contributed by atoms with E-state index in [1.807, 2.05) is 4.57 Å². The van der Waals surface area contributed by atoms with Crippen molar-refractivity contribution in [3.63, 3.8) is 0 Å². The van der Waals surface area contributed by atoms with Gasteiger partial charge in [-0.1, -0.05) is 11.8 Å². The number of sulfone groups is 1. The summed E-state index contributed by atoms with van der Waals surface area (Å²) in [5.41, 5.74) is 0. The van der Waals surface area contributed by atoms with Crippen molar-refractivity contribution in [2.45, 2.75) is 30.6 Å². The zero-order valence-electron chi connectivity index (χ0n) is 13.3. The molecule has 1 atom stereocenters. The van der Waals surface area contributed by atoms with E-state index in [1.165, 1.54) is 11.8 Å². The van der Waals surface area contributed by atoms with Crippen LogP contribution in [0.1, 0.15) is 18.7 Å². The Bertz CT molecular complexity index is 647. The van der Waals surface area contributed by atoms with Gasteiger partial charge in [0.1, 0.15) is 12.4 Å². The summed E-state index contributed by atoms with van der Waals surface area (Å²) < 4.78 is 65.1. The minimum atomic E-state index is -4.29. The van der Waals surface area contributed by atoms with Crippen LogP contribution < -0.4 is 0 Å². The first-order valence-electron chi connectivity index (χ1n) is 7.52. The van der Waals surface area contributed by atoms with E-state index in [2.05, 4.69) is 14.9 Å². The number of hydrogen-bond donors (Lipinski definition) is 0. The zero-order valence-corrected chi connectivity index (χ0v) is 14.9. The summed E-state index contributed by atoms with van der Waals surface area (Å²) in [4.78, 5) is 0. The molecule has 0 saturated carbocycles. The van der Waals surface area contributed by atoms with E-state index in [0.29, 0.717) is 30.2 Å². The summed E-state index contributed by atoms with van der Waals surface area (Å²) in [6.07, 6.45) is -2.60. The summed E-state index contributed by atoms with van der Waals surface area (Å²) in [7, 11) is -1.11. The van der Waals surface area contributed by atoms with Gasteiger partial charge in [-0.2, -0.15) is 13.2 Å². The second kappa shape index (κ2) is 8.05. The van der Waals surface area contributed by atoms with E-state index in [9.17, 15) is 21.6 Å². The Morgan fingerprint density at radius 1 is 1.38 bits per heavy atom. The SMILES string of the molecule is Cn1c(C[C@H]2CCS(=O)(=O)C2)nnc1SCCCOCC(F)(F)F. The molecule has 11 heteroatoms. The molecule has 0 aliphatic carbocycles. The van der Waals surface area contributed by atoms with E-state index in [1.54, 1.807) is 7.05 Å². The smallest absolute Gasteiger partial charge is 0.372 e. The van der Waals surface area contributed by atoms with Crippen molar-refractivity contribution in [2.75, 3.05) is 30.5 Å². The molecule has 6 nitrogen and oxygen atoms in total. The first-order valence-corrected chi connectivity index (χ1v) is 10.3. The number of thioether (sulfide) groups is 1. The average Bonchev–Trinajstić information content (AvgIpc) is 2.97. The van der Waals surface area contributed by atoms with Crippen molar-refractivity contribution in [3.05, 3.63) is 5.82 Å². The van der Waals surface area contributed by atoms with Crippen LogP contribution in [0.3, 0.4) is 0 Å². The number of aromatic nitrogens is 3. The maximum atomic E-state index is 11.9. The van der Waals surface area contributed by atoms with Gasteiger partial charge >= 0.3 is 6.18 Å². The summed E-state index contributed by atoms with van der Waals surface area (Å²) >= 11 is 1.39. The third kappa shape index (κ3) is 6.25. The van der Waals surface area contributed by atoms with Gasteiger partial charge in [-0.05, 0) is 18.8 Å². The third-order valence-electron chi connectivity index (χ3n) is 3.65. The minimum absolute atomic E-state index is 0.0388. The molecule has 2 heterocycles. The van der Waals surface area contributed by atoms with Gasteiger partial charge in [-0.15, -0.1) is 10.2 Å². The highest BCUT2D eigenvalue weighted by Gasteiger charge is 2.29. The number of rotatable bonds is 8. The van der Waals surface area contributed by atoms with Gasteiger partial charge in [0.05, 0.1) is 11.5 Å². The van der Waals surface area contributed by atoms with Gasteiger partial charge in [-0.25, -0.2) is 8.42 Å². The van der Waals surface area contributed by atoms with Crippen LogP contribution in [0.2, 0.25) is 0 Å². The lowest BCUT2D eigenvalue weighted by Crippen LogP contribution is -2.17. The van der Waals surface area contributed by atoms with Crippen LogP contribution in [0.15, 0.2) is 5.16 Å².